The van der Waals surface area contributed by atoms with Crippen LogP contribution < -0.4 is 5.32 Å². The molecule has 1 aliphatic heterocycles. The molecule has 3 rings (SSSR count). The fourth-order valence-electron chi connectivity index (χ4n) is 3.06. The quantitative estimate of drug-likeness (QED) is 0.938. The summed E-state index contributed by atoms with van der Waals surface area (Å²) in [4.78, 5) is 18.8. The van der Waals surface area contributed by atoms with Gasteiger partial charge in [-0.2, -0.15) is 0 Å². The molecule has 0 saturated carbocycles. The predicted molar refractivity (Wildman–Crippen MR) is 92.2 cm³/mol. The number of carbonyl (C=O) groups excluding carboxylic acids is 1. The van der Waals surface area contributed by atoms with E-state index in [1.807, 2.05) is 0 Å². The number of pyridine rings is 1. The number of likely N-dealkylation sites (N-methyl/N-ethyl adjacent to an activating group) is 1. The third-order valence-electron chi connectivity index (χ3n) is 4.57. The zero-order valence-corrected chi connectivity index (χ0v) is 13.8. The van der Waals surface area contributed by atoms with Crippen molar-refractivity contribution in [3.8, 4) is 11.3 Å². The molecule has 0 bridgehead atoms. The van der Waals surface area contributed by atoms with Crippen LogP contribution in [0.3, 0.4) is 0 Å². The minimum Gasteiger partial charge on any atom is -0.350 e. The number of piperidine rings is 1. The first kappa shape index (κ1) is 16.6. The lowest BCUT2D eigenvalue weighted by Gasteiger charge is -2.32. The van der Waals surface area contributed by atoms with E-state index >= 15 is 0 Å². The fourth-order valence-corrected chi connectivity index (χ4v) is 3.06. The Morgan fingerprint density at radius 2 is 2.21 bits per heavy atom. The summed E-state index contributed by atoms with van der Waals surface area (Å²) >= 11 is 0. The van der Waals surface area contributed by atoms with Gasteiger partial charge in [0.1, 0.15) is 5.82 Å². The van der Waals surface area contributed by atoms with Crippen LogP contribution in [0.25, 0.3) is 11.3 Å². The third-order valence-corrected chi connectivity index (χ3v) is 4.57. The van der Waals surface area contributed by atoms with E-state index in [0.717, 1.165) is 13.0 Å². The molecular formula is C19H22FN3O. The Kier molecular flexibility index (Phi) is 5.20. The molecule has 1 atom stereocenters. The minimum atomic E-state index is -0.298. The topological polar surface area (TPSA) is 45.2 Å². The lowest BCUT2D eigenvalue weighted by molar-refractivity contribution is 0.0928. The van der Waals surface area contributed by atoms with Crippen molar-refractivity contribution >= 4 is 5.91 Å². The Balaban J connectivity index is 1.61. The molecule has 1 fully saturated rings. The number of amides is 1. The number of nitrogens with zero attached hydrogens (tertiary/aromatic N) is 2. The van der Waals surface area contributed by atoms with Crippen molar-refractivity contribution in [3.63, 3.8) is 0 Å². The highest BCUT2D eigenvalue weighted by atomic mass is 19.1. The van der Waals surface area contributed by atoms with Gasteiger partial charge in [-0.25, -0.2) is 4.39 Å². The molecule has 5 heteroatoms. The van der Waals surface area contributed by atoms with Crippen molar-refractivity contribution < 1.29 is 9.18 Å². The van der Waals surface area contributed by atoms with Crippen molar-refractivity contribution in [2.45, 2.75) is 25.3 Å². The first-order valence-electron chi connectivity index (χ1n) is 8.34. The first-order valence-corrected chi connectivity index (χ1v) is 8.34. The molecule has 1 aromatic heterocycles. The second-order valence-corrected chi connectivity index (χ2v) is 6.28. The maximum Gasteiger partial charge on any atom is 0.252 e. The van der Waals surface area contributed by atoms with Gasteiger partial charge in [0, 0.05) is 24.3 Å². The van der Waals surface area contributed by atoms with E-state index in [-0.39, 0.29) is 11.7 Å². The summed E-state index contributed by atoms with van der Waals surface area (Å²) in [5.41, 5.74) is 1.87. The zero-order valence-electron chi connectivity index (χ0n) is 13.8. The molecule has 1 aliphatic rings. The maximum atomic E-state index is 13.3. The number of aromatic nitrogens is 1. The number of halogens is 1. The van der Waals surface area contributed by atoms with Crippen molar-refractivity contribution in [2.24, 2.45) is 0 Å². The van der Waals surface area contributed by atoms with Gasteiger partial charge in [0.15, 0.2) is 0 Å². The second-order valence-electron chi connectivity index (χ2n) is 6.28. The monoisotopic (exact) mass is 327 g/mol. The van der Waals surface area contributed by atoms with E-state index in [0.29, 0.717) is 29.4 Å². The highest BCUT2D eigenvalue weighted by Crippen LogP contribution is 2.18. The largest absolute Gasteiger partial charge is 0.350 e. The zero-order chi connectivity index (χ0) is 16.9. The highest BCUT2D eigenvalue weighted by molar-refractivity contribution is 5.94. The molecule has 2 aromatic rings. The van der Waals surface area contributed by atoms with Crippen LogP contribution in [0.5, 0.6) is 0 Å². The molecule has 0 radical (unpaired) electrons. The van der Waals surface area contributed by atoms with Crippen molar-refractivity contribution in [1.82, 2.24) is 15.2 Å². The lowest BCUT2D eigenvalue weighted by atomic mass is 10.0. The Labute approximate surface area is 141 Å². The molecule has 24 heavy (non-hydrogen) atoms. The molecule has 1 N–H and O–H groups in total. The van der Waals surface area contributed by atoms with Crippen molar-refractivity contribution in [3.05, 3.63) is 54.0 Å². The molecule has 4 nitrogen and oxygen atoms in total. The lowest BCUT2D eigenvalue weighted by Crippen LogP contribution is -2.44. The number of nitrogens with one attached hydrogen (secondary N) is 1. The van der Waals surface area contributed by atoms with Crippen LogP contribution in [0.15, 0.2) is 42.6 Å². The van der Waals surface area contributed by atoms with Gasteiger partial charge in [-0.1, -0.05) is 18.6 Å². The smallest absolute Gasteiger partial charge is 0.252 e. The van der Waals surface area contributed by atoms with Crippen LogP contribution in [-0.2, 0) is 0 Å². The Morgan fingerprint density at radius 1 is 1.33 bits per heavy atom. The van der Waals surface area contributed by atoms with E-state index < -0.39 is 0 Å². The fraction of sp³-hybridized carbons (Fsp3) is 0.368. The van der Waals surface area contributed by atoms with Gasteiger partial charge >= 0.3 is 0 Å². The van der Waals surface area contributed by atoms with Crippen LogP contribution in [0.2, 0.25) is 0 Å². The Bertz CT molecular complexity index is 702. The maximum absolute atomic E-state index is 13.3. The van der Waals surface area contributed by atoms with Gasteiger partial charge in [0.05, 0.1) is 11.3 Å². The van der Waals surface area contributed by atoms with Gasteiger partial charge in [0.2, 0.25) is 0 Å². The second kappa shape index (κ2) is 7.53. The number of likely N-dealkylation sites (tertiary alicyclic amines) is 1. The van der Waals surface area contributed by atoms with Crippen LogP contribution >= 0.6 is 0 Å². The molecule has 1 amide bonds. The molecule has 1 aromatic carbocycles. The number of hydrogen-bond donors (Lipinski definition) is 1. The van der Waals surface area contributed by atoms with E-state index in [1.165, 1.54) is 25.0 Å². The summed E-state index contributed by atoms with van der Waals surface area (Å²) in [6.07, 6.45) is 5.11. The first-order chi connectivity index (χ1) is 11.6. The molecule has 1 unspecified atom stereocenters. The number of hydrogen-bond acceptors (Lipinski definition) is 3. The van der Waals surface area contributed by atoms with Crippen molar-refractivity contribution in [2.75, 3.05) is 20.1 Å². The van der Waals surface area contributed by atoms with Gasteiger partial charge < -0.3 is 10.2 Å². The van der Waals surface area contributed by atoms with Crippen LogP contribution in [0.1, 0.15) is 29.6 Å². The molecule has 1 saturated heterocycles. The van der Waals surface area contributed by atoms with E-state index in [4.69, 9.17) is 0 Å². The van der Waals surface area contributed by atoms with Gasteiger partial charge in [0.25, 0.3) is 5.91 Å². The van der Waals surface area contributed by atoms with Crippen LogP contribution in [0.4, 0.5) is 4.39 Å². The van der Waals surface area contributed by atoms with Gasteiger partial charge in [-0.3, -0.25) is 9.78 Å². The summed E-state index contributed by atoms with van der Waals surface area (Å²) in [5.74, 6) is -0.417. The van der Waals surface area contributed by atoms with Gasteiger partial charge in [-0.15, -0.1) is 0 Å². The molecular weight excluding hydrogens is 305 g/mol. The van der Waals surface area contributed by atoms with Crippen LogP contribution in [0, 0.1) is 5.82 Å². The van der Waals surface area contributed by atoms with Crippen molar-refractivity contribution in [1.29, 1.82) is 0 Å². The SMILES string of the molecule is CN1CCCCC1CNC(=O)c1ccc(-c2cccc(F)c2)nc1. The number of rotatable bonds is 4. The summed E-state index contributed by atoms with van der Waals surface area (Å²) in [6.45, 7) is 1.74. The standard InChI is InChI=1S/C19H22FN3O/c1-23-10-3-2-7-17(23)13-22-19(24)15-8-9-18(21-12-15)14-5-4-6-16(20)11-14/h4-6,8-9,11-12,17H,2-3,7,10,13H2,1H3,(H,22,24). The Hall–Kier alpha value is -2.27. The van der Waals surface area contributed by atoms with Gasteiger partial charge in [-0.05, 0) is 50.7 Å². The normalized spacial score (nSPS) is 18.3. The average Bonchev–Trinajstić information content (AvgIpc) is 2.61. The summed E-state index contributed by atoms with van der Waals surface area (Å²) in [6, 6.07) is 10.2. The number of benzene rings is 1. The van der Waals surface area contributed by atoms with E-state index in [9.17, 15) is 9.18 Å². The third kappa shape index (κ3) is 3.97. The Morgan fingerprint density at radius 3 is 2.92 bits per heavy atom. The summed E-state index contributed by atoms with van der Waals surface area (Å²) in [5, 5.41) is 2.99. The van der Waals surface area contributed by atoms with E-state index in [1.54, 1.807) is 30.5 Å². The summed E-state index contributed by atoms with van der Waals surface area (Å²) in [7, 11) is 2.10. The molecule has 2 heterocycles. The predicted octanol–water partition coefficient (Wildman–Crippen LogP) is 3.10. The number of carbonyl (C=O) groups is 1. The minimum absolute atomic E-state index is 0.118. The molecule has 0 aliphatic carbocycles. The molecule has 126 valence electrons. The average molecular weight is 327 g/mol. The summed E-state index contributed by atoms with van der Waals surface area (Å²) < 4.78 is 13.3. The van der Waals surface area contributed by atoms with Crippen LogP contribution in [-0.4, -0.2) is 42.0 Å². The molecule has 0 spiro atoms. The van der Waals surface area contributed by atoms with E-state index in [2.05, 4.69) is 22.2 Å². The highest BCUT2D eigenvalue weighted by Gasteiger charge is 2.19.